The molecule has 130 valence electrons. The lowest BCUT2D eigenvalue weighted by molar-refractivity contribution is -0.136. The maximum atomic E-state index is 12.3. The molecule has 0 unspecified atom stereocenters. The van der Waals surface area contributed by atoms with Crippen LogP contribution in [0.3, 0.4) is 0 Å². The Morgan fingerprint density at radius 2 is 2.00 bits per heavy atom. The third-order valence-electron chi connectivity index (χ3n) is 4.03. The van der Waals surface area contributed by atoms with E-state index in [9.17, 15) is 9.59 Å². The van der Waals surface area contributed by atoms with E-state index in [4.69, 9.17) is 0 Å². The second kappa shape index (κ2) is 8.52. The summed E-state index contributed by atoms with van der Waals surface area (Å²) in [4.78, 5) is 29.0. The summed E-state index contributed by atoms with van der Waals surface area (Å²) in [6.07, 6.45) is 4.11. The predicted molar refractivity (Wildman–Crippen MR) is 96.8 cm³/mol. The van der Waals surface area contributed by atoms with Crippen LogP contribution in [0.5, 0.6) is 0 Å². The van der Waals surface area contributed by atoms with Crippen molar-refractivity contribution >= 4 is 22.7 Å². The van der Waals surface area contributed by atoms with Crippen molar-refractivity contribution in [2.45, 2.75) is 46.1 Å². The van der Waals surface area contributed by atoms with Crippen molar-refractivity contribution in [1.29, 1.82) is 0 Å². The number of carbonyl (C=O) groups is 2. The molecule has 0 fully saturated rings. The third-order valence-corrected chi connectivity index (χ3v) is 4.03. The minimum Gasteiger partial charge on any atom is -0.361 e. The van der Waals surface area contributed by atoms with Gasteiger partial charge >= 0.3 is 0 Å². The van der Waals surface area contributed by atoms with Crippen LogP contribution in [0.2, 0.25) is 0 Å². The van der Waals surface area contributed by atoms with E-state index in [1.165, 1.54) is 10.9 Å². The monoisotopic (exact) mass is 329 g/mol. The number of aromatic nitrogens is 1. The van der Waals surface area contributed by atoms with Gasteiger partial charge in [0.15, 0.2) is 0 Å². The molecule has 0 aliphatic carbocycles. The lowest BCUT2D eigenvalue weighted by atomic mass is 10.1. The normalized spacial score (nSPS) is 11.0. The van der Waals surface area contributed by atoms with Gasteiger partial charge in [0.05, 0.1) is 6.54 Å². The van der Waals surface area contributed by atoms with Crippen LogP contribution >= 0.6 is 0 Å². The quantitative estimate of drug-likeness (QED) is 0.782. The number of H-pyrrole nitrogens is 1. The van der Waals surface area contributed by atoms with Gasteiger partial charge in [-0.3, -0.25) is 9.59 Å². The largest absolute Gasteiger partial charge is 0.361 e. The number of aryl methyl sites for hydroxylation is 1. The number of likely N-dealkylation sites (N-methyl/N-ethyl adjacent to an activating group) is 1. The molecule has 5 nitrogen and oxygen atoms in total. The summed E-state index contributed by atoms with van der Waals surface area (Å²) in [6, 6.07) is 8.27. The highest BCUT2D eigenvalue weighted by Crippen LogP contribution is 2.19. The summed E-state index contributed by atoms with van der Waals surface area (Å²) in [5.41, 5.74) is 2.36. The van der Waals surface area contributed by atoms with Gasteiger partial charge < -0.3 is 15.2 Å². The second-order valence-electron chi connectivity index (χ2n) is 6.34. The van der Waals surface area contributed by atoms with Crippen LogP contribution in [0.4, 0.5) is 0 Å². The van der Waals surface area contributed by atoms with Crippen molar-refractivity contribution in [1.82, 2.24) is 15.2 Å². The van der Waals surface area contributed by atoms with Crippen LogP contribution < -0.4 is 5.32 Å². The zero-order valence-corrected chi connectivity index (χ0v) is 14.8. The highest BCUT2D eigenvalue weighted by molar-refractivity contribution is 5.85. The van der Waals surface area contributed by atoms with Gasteiger partial charge in [0.1, 0.15) is 0 Å². The van der Waals surface area contributed by atoms with Gasteiger partial charge in [0, 0.05) is 36.1 Å². The fraction of sp³-hybridized carbons (Fsp3) is 0.474. The number of aromatic amines is 1. The Morgan fingerprint density at radius 1 is 1.25 bits per heavy atom. The molecule has 1 aromatic heterocycles. The first-order chi connectivity index (χ1) is 11.5. The summed E-state index contributed by atoms with van der Waals surface area (Å²) < 4.78 is 0. The van der Waals surface area contributed by atoms with Crippen LogP contribution in [0.1, 0.15) is 39.2 Å². The molecule has 0 atom stereocenters. The first-order valence-electron chi connectivity index (χ1n) is 8.63. The number of amides is 2. The highest BCUT2D eigenvalue weighted by Gasteiger charge is 2.15. The van der Waals surface area contributed by atoms with Crippen LogP contribution in [-0.2, 0) is 16.0 Å². The average Bonchev–Trinajstić information content (AvgIpc) is 2.95. The molecule has 0 saturated heterocycles. The molecule has 2 rings (SSSR count). The Morgan fingerprint density at radius 3 is 2.71 bits per heavy atom. The molecule has 1 aromatic carbocycles. The SMILES string of the molecule is CCN(CC(=O)NC(C)C)C(=O)CCCc1c[nH]c2ccccc12. The number of nitrogens with one attached hydrogen (secondary N) is 2. The summed E-state index contributed by atoms with van der Waals surface area (Å²) in [5.74, 6) is -0.0620. The van der Waals surface area contributed by atoms with E-state index in [-0.39, 0.29) is 24.4 Å². The summed E-state index contributed by atoms with van der Waals surface area (Å²) in [7, 11) is 0. The smallest absolute Gasteiger partial charge is 0.239 e. The maximum Gasteiger partial charge on any atom is 0.239 e. The van der Waals surface area contributed by atoms with Crippen LogP contribution in [-0.4, -0.2) is 40.8 Å². The van der Waals surface area contributed by atoms with Gasteiger partial charge in [-0.05, 0) is 45.2 Å². The molecule has 0 radical (unpaired) electrons. The Bertz CT molecular complexity index is 691. The summed E-state index contributed by atoms with van der Waals surface area (Å²) in [5, 5.41) is 4.04. The highest BCUT2D eigenvalue weighted by atomic mass is 16.2. The van der Waals surface area contributed by atoms with Crippen molar-refractivity contribution in [3.63, 3.8) is 0 Å². The molecule has 0 spiro atoms. The van der Waals surface area contributed by atoms with E-state index in [0.29, 0.717) is 13.0 Å². The van der Waals surface area contributed by atoms with Crippen molar-refractivity contribution < 1.29 is 9.59 Å². The Labute approximate surface area is 143 Å². The molecular weight excluding hydrogens is 302 g/mol. The topological polar surface area (TPSA) is 65.2 Å². The van der Waals surface area contributed by atoms with Crippen LogP contribution in [0.25, 0.3) is 10.9 Å². The standard InChI is InChI=1S/C19H27N3O2/c1-4-22(13-18(23)21-14(2)3)19(24)11-7-8-15-12-20-17-10-6-5-9-16(15)17/h5-6,9-10,12,14,20H,4,7-8,11,13H2,1-3H3,(H,21,23). The van der Waals surface area contributed by atoms with Crippen LogP contribution in [0, 0.1) is 0 Å². The van der Waals surface area contributed by atoms with Crippen LogP contribution in [0.15, 0.2) is 30.5 Å². The number of rotatable bonds is 8. The van der Waals surface area contributed by atoms with Crippen molar-refractivity contribution in [3.05, 3.63) is 36.0 Å². The number of carbonyl (C=O) groups excluding carboxylic acids is 2. The van der Waals surface area contributed by atoms with Crippen molar-refractivity contribution in [2.75, 3.05) is 13.1 Å². The number of benzene rings is 1. The number of hydrogen-bond donors (Lipinski definition) is 2. The zero-order chi connectivity index (χ0) is 17.5. The van der Waals surface area contributed by atoms with E-state index in [1.54, 1.807) is 4.90 Å². The summed E-state index contributed by atoms with van der Waals surface area (Å²) >= 11 is 0. The maximum absolute atomic E-state index is 12.3. The van der Waals surface area contributed by atoms with Gasteiger partial charge in [0.2, 0.25) is 11.8 Å². The van der Waals surface area contributed by atoms with E-state index in [0.717, 1.165) is 18.4 Å². The fourth-order valence-electron chi connectivity index (χ4n) is 2.84. The fourth-order valence-corrected chi connectivity index (χ4v) is 2.84. The number of hydrogen-bond acceptors (Lipinski definition) is 2. The lowest BCUT2D eigenvalue weighted by Crippen LogP contribution is -2.42. The molecule has 0 aliphatic heterocycles. The first kappa shape index (κ1) is 18.0. The molecule has 24 heavy (non-hydrogen) atoms. The molecule has 2 aromatic rings. The molecular formula is C19H27N3O2. The average molecular weight is 329 g/mol. The van der Waals surface area contributed by atoms with Gasteiger partial charge in [-0.15, -0.1) is 0 Å². The Balaban J connectivity index is 1.84. The van der Waals surface area contributed by atoms with Gasteiger partial charge in [-0.25, -0.2) is 0 Å². The molecule has 0 bridgehead atoms. The molecule has 2 N–H and O–H groups in total. The van der Waals surface area contributed by atoms with Crippen molar-refractivity contribution in [2.24, 2.45) is 0 Å². The molecule has 0 saturated carbocycles. The molecule has 0 aliphatic rings. The molecule has 2 amide bonds. The lowest BCUT2D eigenvalue weighted by Gasteiger charge is -2.21. The minimum absolute atomic E-state index is 0.0382. The molecule has 1 heterocycles. The predicted octanol–water partition coefficient (Wildman–Crippen LogP) is 2.86. The number of fused-ring (bicyclic) bond motifs is 1. The molecule has 5 heteroatoms. The Kier molecular flexibility index (Phi) is 6.41. The van der Waals surface area contributed by atoms with Gasteiger partial charge in [-0.1, -0.05) is 18.2 Å². The van der Waals surface area contributed by atoms with E-state index < -0.39 is 0 Å². The zero-order valence-electron chi connectivity index (χ0n) is 14.8. The van der Waals surface area contributed by atoms with Crippen molar-refractivity contribution in [3.8, 4) is 0 Å². The van der Waals surface area contributed by atoms with E-state index in [1.807, 2.05) is 39.1 Å². The number of para-hydroxylation sites is 1. The third kappa shape index (κ3) is 4.85. The van der Waals surface area contributed by atoms with E-state index >= 15 is 0 Å². The van der Waals surface area contributed by atoms with E-state index in [2.05, 4.69) is 22.4 Å². The first-order valence-corrected chi connectivity index (χ1v) is 8.63. The second-order valence-corrected chi connectivity index (χ2v) is 6.34. The number of nitrogens with zero attached hydrogens (tertiary/aromatic N) is 1. The van der Waals surface area contributed by atoms with Gasteiger partial charge in [-0.2, -0.15) is 0 Å². The summed E-state index contributed by atoms with van der Waals surface area (Å²) in [6.45, 7) is 6.42. The van der Waals surface area contributed by atoms with Gasteiger partial charge in [0.25, 0.3) is 0 Å². The minimum atomic E-state index is -0.100. The Hall–Kier alpha value is -2.30.